The highest BCUT2D eigenvalue weighted by atomic mass is 79.9. The van der Waals surface area contributed by atoms with Crippen LogP contribution in [0.25, 0.3) is 0 Å². The summed E-state index contributed by atoms with van der Waals surface area (Å²) < 4.78 is 45.3. The number of rotatable bonds is 4. The van der Waals surface area contributed by atoms with Crippen LogP contribution in [0.2, 0.25) is 0 Å². The summed E-state index contributed by atoms with van der Waals surface area (Å²) in [6, 6.07) is 6.50. The molecule has 0 amide bonds. The van der Waals surface area contributed by atoms with E-state index in [0.29, 0.717) is 4.47 Å². The molecule has 0 aliphatic carbocycles. The first-order valence-corrected chi connectivity index (χ1v) is 7.68. The predicted octanol–water partition coefficient (Wildman–Crippen LogP) is 2.79. The van der Waals surface area contributed by atoms with Gasteiger partial charge in [0.05, 0.1) is 12.8 Å². The highest BCUT2D eigenvalue weighted by molar-refractivity contribution is 9.10. The van der Waals surface area contributed by atoms with Gasteiger partial charge in [0.25, 0.3) is 10.0 Å². The number of aromatic nitrogens is 1. The topological polar surface area (TPSA) is 68.3 Å². The Labute approximate surface area is 124 Å². The summed E-state index contributed by atoms with van der Waals surface area (Å²) in [6.07, 6.45) is 1.42. The van der Waals surface area contributed by atoms with Gasteiger partial charge in [-0.05, 0) is 40.2 Å². The summed E-state index contributed by atoms with van der Waals surface area (Å²) in [6.45, 7) is 0. The molecule has 20 heavy (non-hydrogen) atoms. The molecule has 1 N–H and O–H groups in total. The minimum atomic E-state index is -3.93. The molecule has 106 valence electrons. The molecule has 0 saturated heterocycles. The Bertz CT molecular complexity index is 737. The number of nitrogens with zero attached hydrogens (tertiary/aromatic N) is 1. The third-order valence-electron chi connectivity index (χ3n) is 2.34. The number of halogens is 2. The Hall–Kier alpha value is -1.67. The first-order chi connectivity index (χ1) is 9.42. The quantitative estimate of drug-likeness (QED) is 0.909. The second-order valence-electron chi connectivity index (χ2n) is 3.78. The van der Waals surface area contributed by atoms with Crippen molar-refractivity contribution in [2.75, 3.05) is 11.8 Å². The molecule has 0 aliphatic heterocycles. The van der Waals surface area contributed by atoms with Gasteiger partial charge in [-0.25, -0.2) is 17.8 Å². The number of sulfonamides is 1. The van der Waals surface area contributed by atoms with Crippen molar-refractivity contribution < 1.29 is 17.5 Å². The molecule has 2 rings (SSSR count). The van der Waals surface area contributed by atoms with E-state index in [9.17, 15) is 12.8 Å². The van der Waals surface area contributed by atoms with E-state index in [4.69, 9.17) is 4.74 Å². The number of hydrogen-bond acceptors (Lipinski definition) is 4. The van der Waals surface area contributed by atoms with Crippen LogP contribution in [-0.2, 0) is 10.0 Å². The highest BCUT2D eigenvalue weighted by Crippen LogP contribution is 2.26. The summed E-state index contributed by atoms with van der Waals surface area (Å²) in [7, 11) is -2.61. The van der Waals surface area contributed by atoms with Gasteiger partial charge in [0, 0.05) is 10.7 Å². The maximum Gasteiger partial charge on any atom is 0.267 e. The van der Waals surface area contributed by atoms with Crippen LogP contribution in [-0.4, -0.2) is 20.5 Å². The molecule has 0 atom stereocenters. The third kappa shape index (κ3) is 3.26. The van der Waals surface area contributed by atoms with Crippen molar-refractivity contribution in [3.8, 4) is 5.88 Å². The fraction of sp³-hybridized carbons (Fsp3) is 0.0833. The van der Waals surface area contributed by atoms with Gasteiger partial charge in [-0.3, -0.25) is 4.72 Å². The Morgan fingerprint density at radius 2 is 2.10 bits per heavy atom. The van der Waals surface area contributed by atoms with E-state index in [2.05, 4.69) is 25.6 Å². The molecule has 5 nitrogen and oxygen atoms in total. The second-order valence-corrected chi connectivity index (χ2v) is 6.34. The van der Waals surface area contributed by atoms with Crippen LogP contribution in [0, 0.1) is 5.82 Å². The fourth-order valence-corrected chi connectivity index (χ4v) is 3.19. The Balaban J connectivity index is 2.43. The van der Waals surface area contributed by atoms with Crippen molar-refractivity contribution in [3.05, 3.63) is 46.8 Å². The van der Waals surface area contributed by atoms with Gasteiger partial charge in [0.2, 0.25) is 5.88 Å². The van der Waals surface area contributed by atoms with E-state index in [1.807, 2.05) is 0 Å². The van der Waals surface area contributed by atoms with Crippen molar-refractivity contribution in [3.63, 3.8) is 0 Å². The molecule has 1 aromatic carbocycles. The number of ether oxygens (including phenoxy) is 1. The molecule has 1 heterocycles. The fourth-order valence-electron chi connectivity index (χ4n) is 1.52. The zero-order valence-corrected chi connectivity index (χ0v) is 12.7. The highest BCUT2D eigenvalue weighted by Gasteiger charge is 2.21. The van der Waals surface area contributed by atoms with Crippen LogP contribution >= 0.6 is 15.9 Å². The zero-order chi connectivity index (χ0) is 14.8. The van der Waals surface area contributed by atoms with Gasteiger partial charge in [-0.1, -0.05) is 6.07 Å². The standard InChI is InChI=1S/C12H10BrFN2O3S/c1-19-12-11(5-8(13)7-15-12)20(17,18)16-10-4-2-3-9(14)6-10/h2-7,16H,1H3. The molecule has 1 aromatic heterocycles. The normalized spacial score (nSPS) is 11.2. The average molecular weight is 361 g/mol. The van der Waals surface area contributed by atoms with E-state index < -0.39 is 15.8 Å². The van der Waals surface area contributed by atoms with Crippen molar-refractivity contribution in [1.29, 1.82) is 0 Å². The van der Waals surface area contributed by atoms with Crippen molar-refractivity contribution in [1.82, 2.24) is 4.98 Å². The minimum absolute atomic E-state index is 0.0443. The van der Waals surface area contributed by atoms with Crippen LogP contribution in [0.1, 0.15) is 0 Å². The molecule has 2 aromatic rings. The van der Waals surface area contributed by atoms with Gasteiger partial charge in [-0.15, -0.1) is 0 Å². The maximum atomic E-state index is 13.1. The molecule has 0 radical (unpaired) electrons. The van der Waals surface area contributed by atoms with E-state index in [-0.39, 0.29) is 16.5 Å². The van der Waals surface area contributed by atoms with Gasteiger partial charge in [-0.2, -0.15) is 0 Å². The molecule has 0 bridgehead atoms. The minimum Gasteiger partial charge on any atom is -0.480 e. The van der Waals surface area contributed by atoms with Crippen molar-refractivity contribution >= 4 is 31.6 Å². The molecular weight excluding hydrogens is 351 g/mol. The van der Waals surface area contributed by atoms with Crippen LogP contribution < -0.4 is 9.46 Å². The molecule has 0 fully saturated rings. The smallest absolute Gasteiger partial charge is 0.267 e. The largest absolute Gasteiger partial charge is 0.480 e. The molecule has 0 spiro atoms. The number of anilines is 1. The lowest BCUT2D eigenvalue weighted by Crippen LogP contribution is -2.14. The summed E-state index contributed by atoms with van der Waals surface area (Å²) in [5.41, 5.74) is 0.118. The van der Waals surface area contributed by atoms with Crippen molar-refractivity contribution in [2.45, 2.75) is 4.90 Å². The molecule has 0 unspecified atom stereocenters. The van der Waals surface area contributed by atoms with Crippen LogP contribution in [0.4, 0.5) is 10.1 Å². The van der Waals surface area contributed by atoms with Crippen LogP contribution in [0.5, 0.6) is 5.88 Å². The second kappa shape index (κ2) is 5.76. The SMILES string of the molecule is COc1ncc(Br)cc1S(=O)(=O)Nc1cccc(F)c1. The number of benzene rings is 1. The van der Waals surface area contributed by atoms with Gasteiger partial charge >= 0.3 is 0 Å². The Morgan fingerprint density at radius 1 is 1.35 bits per heavy atom. The summed E-state index contributed by atoms with van der Waals surface area (Å²) in [5, 5.41) is 0. The summed E-state index contributed by atoms with van der Waals surface area (Å²) >= 11 is 3.14. The molecule has 0 saturated carbocycles. The maximum absolute atomic E-state index is 13.1. The zero-order valence-electron chi connectivity index (χ0n) is 10.3. The van der Waals surface area contributed by atoms with Crippen molar-refractivity contribution in [2.24, 2.45) is 0 Å². The molecule has 8 heteroatoms. The average Bonchev–Trinajstić information content (AvgIpc) is 2.38. The monoisotopic (exact) mass is 360 g/mol. The predicted molar refractivity (Wildman–Crippen MR) is 75.7 cm³/mol. The Morgan fingerprint density at radius 3 is 2.75 bits per heavy atom. The van der Waals surface area contributed by atoms with E-state index in [1.54, 1.807) is 0 Å². The molecular formula is C12H10BrFN2O3S. The summed E-state index contributed by atoms with van der Waals surface area (Å²) in [4.78, 5) is 3.72. The van der Waals surface area contributed by atoms with Gasteiger partial charge in [0.1, 0.15) is 5.82 Å². The number of nitrogens with one attached hydrogen (secondary N) is 1. The van der Waals surface area contributed by atoms with Gasteiger partial charge < -0.3 is 4.74 Å². The van der Waals surface area contributed by atoms with E-state index in [1.165, 1.54) is 37.6 Å². The van der Waals surface area contributed by atoms with Crippen LogP contribution in [0.3, 0.4) is 0 Å². The first-order valence-electron chi connectivity index (χ1n) is 5.40. The van der Waals surface area contributed by atoms with E-state index in [0.717, 1.165) is 6.07 Å². The molecule has 0 aliphatic rings. The number of methoxy groups -OCH3 is 1. The van der Waals surface area contributed by atoms with Gasteiger partial charge in [0.15, 0.2) is 4.90 Å². The van der Waals surface area contributed by atoms with Crippen LogP contribution in [0.15, 0.2) is 45.9 Å². The number of hydrogen-bond donors (Lipinski definition) is 1. The number of pyridine rings is 1. The first kappa shape index (κ1) is 14.7. The van der Waals surface area contributed by atoms with E-state index >= 15 is 0 Å². The third-order valence-corrected chi connectivity index (χ3v) is 4.15. The Kier molecular flexibility index (Phi) is 4.24. The lowest BCUT2D eigenvalue weighted by Gasteiger charge is -2.11. The lowest BCUT2D eigenvalue weighted by atomic mass is 10.3. The summed E-state index contributed by atoms with van der Waals surface area (Å²) in [5.74, 6) is -0.582. The lowest BCUT2D eigenvalue weighted by molar-refractivity contribution is 0.385.